The van der Waals surface area contributed by atoms with E-state index < -0.39 is 0 Å². The summed E-state index contributed by atoms with van der Waals surface area (Å²) in [7, 11) is 1.53. The van der Waals surface area contributed by atoms with Crippen molar-refractivity contribution >= 4 is 29.0 Å². The van der Waals surface area contributed by atoms with Crippen molar-refractivity contribution in [3.8, 4) is 5.75 Å². The molecule has 0 aromatic heterocycles. The number of methoxy groups -OCH3 is 1. The number of aliphatic hydroxyl groups excluding tert-OH is 1. The standard InChI is InChI=1S/C13H20N2O3S/c1-9(6-16)7-19-8-13(17)15-11-4-3-10(14)5-12(11)18-2/h3-5,9,16H,6-8,14H2,1-2H3,(H,15,17). The zero-order chi connectivity index (χ0) is 14.3. The molecule has 0 fully saturated rings. The summed E-state index contributed by atoms with van der Waals surface area (Å²) in [6.07, 6.45) is 0. The van der Waals surface area contributed by atoms with Crippen molar-refractivity contribution in [3.63, 3.8) is 0 Å². The van der Waals surface area contributed by atoms with E-state index in [1.54, 1.807) is 18.2 Å². The Kier molecular flexibility index (Phi) is 6.52. The van der Waals surface area contributed by atoms with Gasteiger partial charge >= 0.3 is 0 Å². The van der Waals surface area contributed by atoms with Gasteiger partial charge in [0.1, 0.15) is 5.75 Å². The Morgan fingerprint density at radius 2 is 2.32 bits per heavy atom. The number of hydrogen-bond acceptors (Lipinski definition) is 5. The van der Waals surface area contributed by atoms with E-state index in [0.29, 0.717) is 22.9 Å². The molecule has 106 valence electrons. The van der Waals surface area contributed by atoms with Gasteiger partial charge in [-0.2, -0.15) is 11.8 Å². The van der Waals surface area contributed by atoms with Gasteiger partial charge < -0.3 is 20.9 Å². The van der Waals surface area contributed by atoms with Crippen LogP contribution in [0.5, 0.6) is 5.75 Å². The molecule has 0 aliphatic carbocycles. The van der Waals surface area contributed by atoms with E-state index >= 15 is 0 Å². The average molecular weight is 284 g/mol. The molecule has 0 radical (unpaired) electrons. The van der Waals surface area contributed by atoms with E-state index in [0.717, 1.165) is 5.75 Å². The summed E-state index contributed by atoms with van der Waals surface area (Å²) in [5.41, 5.74) is 6.84. The van der Waals surface area contributed by atoms with Gasteiger partial charge in [-0.1, -0.05) is 6.92 Å². The fraction of sp³-hybridized carbons (Fsp3) is 0.462. The van der Waals surface area contributed by atoms with Gasteiger partial charge in [0.2, 0.25) is 5.91 Å². The lowest BCUT2D eigenvalue weighted by Gasteiger charge is -2.11. The number of hydrogen-bond donors (Lipinski definition) is 3. The van der Waals surface area contributed by atoms with Gasteiger partial charge in [0.25, 0.3) is 0 Å². The molecule has 1 aromatic rings. The maximum absolute atomic E-state index is 11.8. The third-order valence-electron chi connectivity index (χ3n) is 2.45. The molecule has 1 atom stereocenters. The van der Waals surface area contributed by atoms with Gasteiger partial charge in [0.05, 0.1) is 18.6 Å². The predicted octanol–water partition coefficient (Wildman–Crippen LogP) is 1.58. The second-order valence-electron chi connectivity index (χ2n) is 4.31. The molecule has 19 heavy (non-hydrogen) atoms. The number of carbonyl (C=O) groups is 1. The van der Waals surface area contributed by atoms with Gasteiger partial charge in [-0.05, 0) is 23.8 Å². The van der Waals surface area contributed by atoms with Crippen molar-refractivity contribution in [2.75, 3.05) is 36.3 Å². The Labute approximate surface area is 117 Å². The summed E-state index contributed by atoms with van der Waals surface area (Å²) in [5.74, 6) is 1.74. The maximum Gasteiger partial charge on any atom is 0.234 e. The molecule has 0 aliphatic rings. The summed E-state index contributed by atoms with van der Waals surface area (Å²) in [5, 5.41) is 11.7. The van der Waals surface area contributed by atoms with Crippen LogP contribution in [0, 0.1) is 5.92 Å². The molecule has 0 saturated heterocycles. The molecule has 1 unspecified atom stereocenters. The van der Waals surface area contributed by atoms with Crippen molar-refractivity contribution in [2.45, 2.75) is 6.92 Å². The first kappa shape index (κ1) is 15.7. The minimum atomic E-state index is -0.0989. The number of nitrogens with one attached hydrogen (secondary N) is 1. The molecule has 0 spiro atoms. The third kappa shape index (κ3) is 5.40. The summed E-state index contributed by atoms with van der Waals surface area (Å²) in [6, 6.07) is 5.09. The number of amides is 1. The van der Waals surface area contributed by atoms with Gasteiger partial charge in [-0.3, -0.25) is 4.79 Å². The number of anilines is 2. The minimum absolute atomic E-state index is 0.0989. The van der Waals surface area contributed by atoms with Crippen LogP contribution in [0.2, 0.25) is 0 Å². The highest BCUT2D eigenvalue weighted by atomic mass is 32.2. The summed E-state index contributed by atoms with van der Waals surface area (Å²) >= 11 is 1.49. The van der Waals surface area contributed by atoms with Crippen molar-refractivity contribution in [2.24, 2.45) is 5.92 Å². The van der Waals surface area contributed by atoms with Crippen LogP contribution < -0.4 is 15.8 Å². The molecular weight excluding hydrogens is 264 g/mol. The van der Waals surface area contributed by atoms with Crippen molar-refractivity contribution in [1.82, 2.24) is 0 Å². The number of nitrogens with two attached hydrogens (primary N) is 1. The Bertz CT molecular complexity index is 426. The van der Waals surface area contributed by atoms with Gasteiger partial charge in [0, 0.05) is 18.4 Å². The lowest BCUT2D eigenvalue weighted by molar-refractivity contribution is -0.113. The maximum atomic E-state index is 11.8. The van der Waals surface area contributed by atoms with Crippen LogP contribution in [0.3, 0.4) is 0 Å². The van der Waals surface area contributed by atoms with Crippen LogP contribution in [0.25, 0.3) is 0 Å². The molecule has 6 heteroatoms. The number of benzene rings is 1. The van der Waals surface area contributed by atoms with Crippen molar-refractivity contribution < 1.29 is 14.6 Å². The van der Waals surface area contributed by atoms with Crippen molar-refractivity contribution in [1.29, 1.82) is 0 Å². The van der Waals surface area contributed by atoms with Crippen LogP contribution in [-0.4, -0.2) is 36.2 Å². The second-order valence-corrected chi connectivity index (χ2v) is 5.34. The van der Waals surface area contributed by atoms with E-state index in [9.17, 15) is 4.79 Å². The molecule has 0 saturated carbocycles. The number of carbonyl (C=O) groups excluding carboxylic acids is 1. The number of ether oxygens (including phenoxy) is 1. The molecule has 5 nitrogen and oxygen atoms in total. The summed E-state index contributed by atoms with van der Waals surface area (Å²) in [6.45, 7) is 2.08. The van der Waals surface area contributed by atoms with E-state index in [1.807, 2.05) is 6.92 Å². The number of nitrogen functional groups attached to an aromatic ring is 1. The zero-order valence-corrected chi connectivity index (χ0v) is 12.0. The highest BCUT2D eigenvalue weighted by Gasteiger charge is 2.09. The largest absolute Gasteiger partial charge is 0.494 e. The molecule has 0 bridgehead atoms. The lowest BCUT2D eigenvalue weighted by Crippen LogP contribution is -2.16. The van der Waals surface area contributed by atoms with Crippen LogP contribution in [0.15, 0.2) is 18.2 Å². The normalized spacial score (nSPS) is 11.9. The minimum Gasteiger partial charge on any atom is -0.494 e. The van der Waals surface area contributed by atoms with E-state index in [2.05, 4.69) is 5.32 Å². The van der Waals surface area contributed by atoms with E-state index in [-0.39, 0.29) is 18.4 Å². The predicted molar refractivity (Wildman–Crippen MR) is 79.6 cm³/mol. The monoisotopic (exact) mass is 284 g/mol. The quantitative estimate of drug-likeness (QED) is 0.662. The van der Waals surface area contributed by atoms with Crippen LogP contribution in [-0.2, 0) is 4.79 Å². The smallest absolute Gasteiger partial charge is 0.234 e. The fourth-order valence-corrected chi connectivity index (χ4v) is 2.29. The molecule has 0 aliphatic heterocycles. The fourth-order valence-electron chi connectivity index (χ4n) is 1.40. The topological polar surface area (TPSA) is 84.6 Å². The SMILES string of the molecule is COc1cc(N)ccc1NC(=O)CSCC(C)CO. The Hall–Kier alpha value is -1.40. The van der Waals surface area contributed by atoms with E-state index in [1.165, 1.54) is 18.9 Å². The average Bonchev–Trinajstić information content (AvgIpc) is 2.40. The first-order valence-corrected chi connectivity index (χ1v) is 7.14. The highest BCUT2D eigenvalue weighted by molar-refractivity contribution is 7.99. The highest BCUT2D eigenvalue weighted by Crippen LogP contribution is 2.26. The van der Waals surface area contributed by atoms with Gasteiger partial charge in [-0.25, -0.2) is 0 Å². The first-order chi connectivity index (χ1) is 9.06. The molecule has 4 N–H and O–H groups in total. The lowest BCUT2D eigenvalue weighted by atomic mass is 10.2. The Morgan fingerprint density at radius 1 is 1.58 bits per heavy atom. The zero-order valence-electron chi connectivity index (χ0n) is 11.2. The van der Waals surface area contributed by atoms with E-state index in [4.69, 9.17) is 15.6 Å². The Balaban J connectivity index is 2.48. The molecule has 0 heterocycles. The van der Waals surface area contributed by atoms with Gasteiger partial charge in [0.15, 0.2) is 0 Å². The third-order valence-corrected chi connectivity index (χ3v) is 3.72. The number of rotatable bonds is 7. The van der Waals surface area contributed by atoms with Crippen LogP contribution >= 0.6 is 11.8 Å². The van der Waals surface area contributed by atoms with Gasteiger partial charge in [-0.15, -0.1) is 0 Å². The molecular formula is C13H20N2O3S. The number of aliphatic hydroxyl groups is 1. The number of thioether (sulfide) groups is 1. The Morgan fingerprint density at radius 3 is 2.95 bits per heavy atom. The van der Waals surface area contributed by atoms with Crippen molar-refractivity contribution in [3.05, 3.63) is 18.2 Å². The molecule has 1 rings (SSSR count). The van der Waals surface area contributed by atoms with Crippen LogP contribution in [0.1, 0.15) is 6.92 Å². The van der Waals surface area contributed by atoms with Crippen LogP contribution in [0.4, 0.5) is 11.4 Å². The molecule has 1 aromatic carbocycles. The summed E-state index contributed by atoms with van der Waals surface area (Å²) in [4.78, 5) is 11.8. The molecule has 1 amide bonds. The summed E-state index contributed by atoms with van der Waals surface area (Å²) < 4.78 is 5.15. The second kappa shape index (κ2) is 7.91. The first-order valence-electron chi connectivity index (χ1n) is 5.98.